The average Bonchev–Trinajstić information content (AvgIpc) is 3.27. The Morgan fingerprint density at radius 1 is 0.927 bits per heavy atom. The third kappa shape index (κ3) is 9.61. The first-order valence-electron chi connectivity index (χ1n) is 12.7. The number of aromatic nitrogens is 4. The lowest BCUT2D eigenvalue weighted by Crippen LogP contribution is -2.28. The molecule has 2 fully saturated rings. The van der Waals surface area contributed by atoms with E-state index >= 15 is 0 Å². The normalized spacial score (nSPS) is 23.6. The largest absolute Gasteiger partial charge is 0.476 e. The van der Waals surface area contributed by atoms with Gasteiger partial charge in [-0.15, -0.1) is 5.10 Å². The Kier molecular flexibility index (Phi) is 9.49. The molecule has 4 rings (SSSR count). The van der Waals surface area contributed by atoms with Crippen LogP contribution in [0.15, 0.2) is 29.3 Å². The van der Waals surface area contributed by atoms with Gasteiger partial charge in [0.15, 0.2) is 0 Å². The number of H-pyrrole nitrogens is 1. The second kappa shape index (κ2) is 11.5. The third-order valence-corrected chi connectivity index (χ3v) is 5.97. The molecular formula is C26H38F4N4O7. The highest BCUT2D eigenvalue weighted by atomic mass is 19.3. The number of hydrogen-bond acceptors (Lipinski definition) is 8. The molecule has 2 atom stereocenters. The molecule has 0 aromatic carbocycles. The predicted molar refractivity (Wildman–Crippen MR) is 138 cm³/mol. The van der Waals surface area contributed by atoms with Crippen molar-refractivity contribution >= 4 is 12.2 Å². The maximum atomic E-state index is 13.0. The fourth-order valence-electron chi connectivity index (χ4n) is 3.00. The molecule has 2 saturated carbocycles. The van der Waals surface area contributed by atoms with Crippen molar-refractivity contribution < 1.29 is 46.5 Å². The number of nitrogens with zero attached hydrogens (tertiary/aromatic N) is 3. The lowest BCUT2D eigenvalue weighted by atomic mass is 10.1. The van der Waals surface area contributed by atoms with E-state index in [1.807, 2.05) is 0 Å². The molecular weight excluding hydrogens is 556 g/mol. The van der Waals surface area contributed by atoms with E-state index in [-0.39, 0.29) is 30.9 Å². The number of nitrogens with one attached hydrogen (secondary N) is 1. The molecule has 2 aromatic rings. The zero-order valence-corrected chi connectivity index (χ0v) is 24.4. The van der Waals surface area contributed by atoms with Crippen LogP contribution >= 0.6 is 0 Å². The Bertz CT molecular complexity index is 1280. The van der Waals surface area contributed by atoms with Crippen LogP contribution in [-0.4, -0.2) is 73.1 Å². The summed E-state index contributed by atoms with van der Waals surface area (Å²) in [6.07, 6.45) is 1.13. The first-order chi connectivity index (χ1) is 18.4. The van der Waals surface area contributed by atoms with Crippen molar-refractivity contribution in [2.75, 3.05) is 13.2 Å². The maximum Gasteiger partial charge on any atom is 0.435 e. The molecule has 41 heavy (non-hydrogen) atoms. The van der Waals surface area contributed by atoms with E-state index in [4.69, 9.17) is 19.3 Å². The minimum absolute atomic E-state index is 0.125. The Morgan fingerprint density at radius 2 is 1.41 bits per heavy atom. The van der Waals surface area contributed by atoms with Crippen LogP contribution in [0.4, 0.5) is 27.2 Å². The number of halogens is 4. The smallest absolute Gasteiger partial charge is 0.435 e. The molecule has 0 saturated heterocycles. The fourth-order valence-corrected chi connectivity index (χ4v) is 3.00. The van der Waals surface area contributed by atoms with Crippen LogP contribution in [0.5, 0.6) is 5.88 Å². The van der Waals surface area contributed by atoms with Gasteiger partial charge in [0.1, 0.15) is 17.8 Å². The van der Waals surface area contributed by atoms with E-state index in [2.05, 4.69) is 10.2 Å². The fraction of sp³-hybridized carbons (Fsp3) is 0.692. The maximum absolute atomic E-state index is 13.0. The summed E-state index contributed by atoms with van der Waals surface area (Å²) in [5.74, 6) is -5.15. The van der Waals surface area contributed by atoms with Crippen molar-refractivity contribution in [1.29, 1.82) is 0 Å². The number of rotatable bonds is 4. The van der Waals surface area contributed by atoms with Crippen LogP contribution in [0.1, 0.15) is 68.2 Å². The van der Waals surface area contributed by atoms with Crippen LogP contribution in [0, 0.1) is 10.8 Å². The number of alkyl halides is 4. The Morgan fingerprint density at radius 3 is 1.78 bits per heavy atom. The van der Waals surface area contributed by atoms with Crippen LogP contribution in [0.3, 0.4) is 0 Å². The van der Waals surface area contributed by atoms with Crippen molar-refractivity contribution in [3.8, 4) is 5.88 Å². The van der Waals surface area contributed by atoms with E-state index in [1.165, 1.54) is 38.4 Å². The molecule has 2 N–H and O–H groups in total. The summed E-state index contributed by atoms with van der Waals surface area (Å²) < 4.78 is 67.4. The minimum Gasteiger partial charge on any atom is -0.476 e. The van der Waals surface area contributed by atoms with Gasteiger partial charge in [-0.05, 0) is 41.5 Å². The summed E-state index contributed by atoms with van der Waals surface area (Å²) >= 11 is 0. The van der Waals surface area contributed by atoms with Crippen molar-refractivity contribution in [3.63, 3.8) is 0 Å². The van der Waals surface area contributed by atoms with Gasteiger partial charge < -0.3 is 19.3 Å². The van der Waals surface area contributed by atoms with E-state index in [0.717, 1.165) is 9.36 Å². The van der Waals surface area contributed by atoms with Gasteiger partial charge in [-0.1, -0.05) is 13.8 Å². The highest BCUT2D eigenvalue weighted by Crippen LogP contribution is 2.60. The summed E-state index contributed by atoms with van der Waals surface area (Å²) in [7, 11) is 0. The quantitative estimate of drug-likeness (QED) is 0.468. The second-order valence-corrected chi connectivity index (χ2v) is 12.6. The SMILES string of the molecule is CC(C)(C)OC(=O)n1ccc(=O)[nH]1.CC(C)(C)OC(=O)n1ccc(OCC2(C)CC2(F)F)n1.CC1(CO)CC1(F)F. The van der Waals surface area contributed by atoms with Gasteiger partial charge in [0.05, 0.1) is 17.4 Å². The highest BCUT2D eigenvalue weighted by Gasteiger charge is 2.68. The standard InChI is InChI=1S/C13H18F2N2O3.C8H12N2O3.C5H8F2O/c1-11(2,3)20-10(18)17-6-5-9(16-17)19-8-12(4)7-13(12,14)15;1-8(2,3)13-7(12)10-5-4-6(11)9-10;1-4(3-8)2-5(4,6)7/h5-6H,7-8H2,1-4H3;4-5H,1-3H3,(H,9,11);8H,2-3H2,1H3. The van der Waals surface area contributed by atoms with Gasteiger partial charge in [-0.3, -0.25) is 9.89 Å². The predicted octanol–water partition coefficient (Wildman–Crippen LogP) is 5.07. The topological polar surface area (TPSA) is 138 Å². The van der Waals surface area contributed by atoms with Crippen LogP contribution in [0.2, 0.25) is 0 Å². The summed E-state index contributed by atoms with van der Waals surface area (Å²) in [5.41, 5.74) is -3.74. The number of aromatic amines is 1. The average molecular weight is 595 g/mol. The number of carbonyl (C=O) groups is 2. The van der Waals surface area contributed by atoms with Crippen molar-refractivity contribution in [1.82, 2.24) is 19.6 Å². The number of carbonyl (C=O) groups excluding carboxylic acids is 2. The van der Waals surface area contributed by atoms with Crippen molar-refractivity contribution in [2.45, 2.75) is 91.3 Å². The monoisotopic (exact) mass is 594 g/mol. The summed E-state index contributed by atoms with van der Waals surface area (Å²) in [6, 6.07) is 2.69. The van der Waals surface area contributed by atoms with Gasteiger partial charge in [0.25, 0.3) is 17.4 Å². The van der Waals surface area contributed by atoms with Crippen LogP contribution in [0.25, 0.3) is 0 Å². The lowest BCUT2D eigenvalue weighted by Gasteiger charge is -2.18. The molecule has 0 bridgehead atoms. The van der Waals surface area contributed by atoms with E-state index in [1.54, 1.807) is 41.5 Å². The van der Waals surface area contributed by atoms with E-state index in [9.17, 15) is 31.9 Å². The highest BCUT2D eigenvalue weighted by molar-refractivity contribution is 5.70. The zero-order valence-electron chi connectivity index (χ0n) is 24.4. The molecule has 2 unspecified atom stereocenters. The molecule has 0 radical (unpaired) electrons. The zero-order chi connectivity index (χ0) is 31.7. The Labute approximate surface area is 234 Å². The second-order valence-electron chi connectivity index (χ2n) is 12.6. The molecule has 232 valence electrons. The number of ether oxygens (including phenoxy) is 3. The van der Waals surface area contributed by atoms with E-state index < -0.39 is 52.7 Å². The summed E-state index contributed by atoms with van der Waals surface area (Å²) in [4.78, 5) is 33.6. The molecule has 15 heteroatoms. The number of aliphatic hydroxyl groups excluding tert-OH is 1. The Hall–Kier alpha value is -3.36. The molecule has 0 aliphatic heterocycles. The number of aliphatic hydroxyl groups is 1. The van der Waals surface area contributed by atoms with Crippen molar-refractivity contribution in [2.24, 2.45) is 10.8 Å². The molecule has 0 spiro atoms. The van der Waals surface area contributed by atoms with Crippen molar-refractivity contribution in [3.05, 3.63) is 34.9 Å². The molecule has 2 aliphatic carbocycles. The van der Waals surface area contributed by atoms with Gasteiger partial charge in [-0.25, -0.2) is 27.2 Å². The first-order valence-corrected chi connectivity index (χ1v) is 12.7. The molecule has 11 nitrogen and oxygen atoms in total. The molecule has 0 amide bonds. The number of hydrogen-bond donors (Lipinski definition) is 2. The van der Waals surface area contributed by atoms with Gasteiger partial charge in [0.2, 0.25) is 5.88 Å². The summed E-state index contributed by atoms with van der Waals surface area (Å²) in [5, 5.41) is 14.5. The van der Waals surface area contributed by atoms with Gasteiger partial charge in [0, 0.05) is 37.4 Å². The lowest BCUT2D eigenvalue weighted by molar-refractivity contribution is 0.0447. The molecule has 2 heterocycles. The van der Waals surface area contributed by atoms with Crippen LogP contribution < -0.4 is 10.3 Å². The minimum atomic E-state index is -2.68. The molecule has 2 aromatic heterocycles. The molecule has 2 aliphatic rings. The van der Waals surface area contributed by atoms with Gasteiger partial charge in [-0.2, -0.15) is 9.36 Å². The third-order valence-electron chi connectivity index (χ3n) is 5.97. The van der Waals surface area contributed by atoms with Crippen LogP contribution in [-0.2, 0) is 9.47 Å². The first kappa shape index (κ1) is 33.8. The Balaban J connectivity index is 0.000000239. The van der Waals surface area contributed by atoms with E-state index in [0.29, 0.717) is 0 Å². The van der Waals surface area contributed by atoms with Gasteiger partial charge >= 0.3 is 12.2 Å². The summed E-state index contributed by atoms with van der Waals surface area (Å²) in [6.45, 7) is 12.8.